The van der Waals surface area contributed by atoms with E-state index >= 15 is 0 Å². The van der Waals surface area contributed by atoms with Crippen molar-refractivity contribution in [2.24, 2.45) is 0 Å². The first-order valence-corrected chi connectivity index (χ1v) is 7.74. The predicted octanol–water partition coefficient (Wildman–Crippen LogP) is 4.03. The topological polar surface area (TPSA) is 67.0 Å². The highest BCUT2D eigenvalue weighted by Crippen LogP contribution is 2.26. The lowest BCUT2D eigenvalue weighted by Gasteiger charge is -2.01. The van der Waals surface area contributed by atoms with Gasteiger partial charge in [-0.15, -0.1) is 11.8 Å². The molecule has 1 aromatic heterocycles. The third-order valence-electron chi connectivity index (χ3n) is 3.11. The summed E-state index contributed by atoms with van der Waals surface area (Å²) in [5.41, 5.74) is 2.96. The second kappa shape index (κ2) is 6.53. The minimum atomic E-state index is -0.544. The normalized spacial score (nSPS) is 10.6. The van der Waals surface area contributed by atoms with E-state index in [4.69, 9.17) is 0 Å². The average molecular weight is 313 g/mol. The lowest BCUT2D eigenvalue weighted by molar-refractivity contribution is 0.186. The van der Waals surface area contributed by atoms with Crippen LogP contribution < -0.4 is 5.32 Å². The quantitative estimate of drug-likeness (QED) is 0.714. The zero-order valence-corrected chi connectivity index (χ0v) is 12.8. The molecule has 3 aromatic rings. The van der Waals surface area contributed by atoms with Crippen LogP contribution in [-0.4, -0.2) is 23.2 Å². The zero-order chi connectivity index (χ0) is 15.4. The molecule has 1 amide bonds. The van der Waals surface area contributed by atoms with Gasteiger partial charge in [0, 0.05) is 10.6 Å². The molecule has 6 heteroatoms. The van der Waals surface area contributed by atoms with Crippen molar-refractivity contribution in [2.45, 2.75) is 10.6 Å². The highest BCUT2D eigenvalue weighted by atomic mass is 32.2. The van der Waals surface area contributed by atoms with Crippen molar-refractivity contribution in [3.63, 3.8) is 0 Å². The molecule has 1 heterocycles. The summed E-state index contributed by atoms with van der Waals surface area (Å²) in [6.45, 7) is 0. The molecule has 112 valence electrons. The molecule has 0 atom stereocenters. The van der Waals surface area contributed by atoms with E-state index in [1.807, 2.05) is 36.4 Å². The fourth-order valence-electron chi connectivity index (χ4n) is 2.03. The Morgan fingerprint density at radius 3 is 2.86 bits per heavy atom. The molecule has 0 aliphatic carbocycles. The van der Waals surface area contributed by atoms with E-state index in [9.17, 15) is 4.79 Å². The number of hydrogen-bond acceptors (Lipinski definition) is 4. The Kier molecular flexibility index (Phi) is 4.29. The first kappa shape index (κ1) is 14.5. The number of carbonyl (C=O) groups is 1. The third-order valence-corrected chi connectivity index (χ3v) is 4.17. The van der Waals surface area contributed by atoms with Crippen molar-refractivity contribution in [3.8, 4) is 0 Å². The van der Waals surface area contributed by atoms with Crippen molar-refractivity contribution in [1.82, 2.24) is 9.97 Å². The molecule has 5 nitrogen and oxygen atoms in total. The van der Waals surface area contributed by atoms with E-state index in [0.29, 0.717) is 5.95 Å². The Hall–Kier alpha value is -2.47. The number of methoxy groups -OCH3 is 1. The fraction of sp³-hybridized carbons (Fsp3) is 0.125. The van der Waals surface area contributed by atoms with Gasteiger partial charge in [-0.25, -0.2) is 9.78 Å². The standard InChI is InChI=1S/C16H15N3O2S/c1-21-16(20)19-15-17-13-8-7-12(9-14(13)18-15)22-10-11-5-3-2-4-6-11/h2-9H,10H2,1H3,(H2,17,18,19,20). The Bertz CT molecular complexity index is 786. The van der Waals surface area contributed by atoms with Gasteiger partial charge < -0.3 is 9.72 Å². The lowest BCUT2D eigenvalue weighted by atomic mass is 10.2. The van der Waals surface area contributed by atoms with Gasteiger partial charge in [0.1, 0.15) is 0 Å². The molecule has 2 N–H and O–H groups in total. The van der Waals surface area contributed by atoms with E-state index in [0.717, 1.165) is 21.7 Å². The van der Waals surface area contributed by atoms with Gasteiger partial charge in [0.05, 0.1) is 18.1 Å². The highest BCUT2D eigenvalue weighted by Gasteiger charge is 2.07. The number of nitrogens with one attached hydrogen (secondary N) is 2. The van der Waals surface area contributed by atoms with Crippen molar-refractivity contribution < 1.29 is 9.53 Å². The van der Waals surface area contributed by atoms with E-state index < -0.39 is 6.09 Å². The number of amides is 1. The predicted molar refractivity (Wildman–Crippen MR) is 88.1 cm³/mol. The molecule has 0 spiro atoms. The summed E-state index contributed by atoms with van der Waals surface area (Å²) in [6.07, 6.45) is -0.544. The molecule has 0 saturated heterocycles. The van der Waals surface area contributed by atoms with Crippen LogP contribution in [0.5, 0.6) is 0 Å². The zero-order valence-electron chi connectivity index (χ0n) is 12.0. The molecule has 0 aliphatic heterocycles. The van der Waals surface area contributed by atoms with Crippen molar-refractivity contribution >= 4 is 34.8 Å². The molecule has 0 unspecified atom stereocenters. The maximum absolute atomic E-state index is 11.2. The Morgan fingerprint density at radius 2 is 2.09 bits per heavy atom. The maximum Gasteiger partial charge on any atom is 0.413 e. The van der Waals surface area contributed by atoms with Crippen LogP contribution >= 0.6 is 11.8 Å². The van der Waals surface area contributed by atoms with Gasteiger partial charge in [-0.3, -0.25) is 5.32 Å². The molecular formula is C16H15N3O2S. The average Bonchev–Trinajstić information content (AvgIpc) is 2.95. The number of rotatable bonds is 4. The van der Waals surface area contributed by atoms with E-state index in [1.165, 1.54) is 12.7 Å². The highest BCUT2D eigenvalue weighted by molar-refractivity contribution is 7.98. The third kappa shape index (κ3) is 3.40. The van der Waals surface area contributed by atoms with Crippen LogP contribution in [0.25, 0.3) is 11.0 Å². The molecule has 0 fully saturated rings. The van der Waals surface area contributed by atoms with Gasteiger partial charge in [0.25, 0.3) is 0 Å². The van der Waals surface area contributed by atoms with Crippen molar-refractivity contribution in [1.29, 1.82) is 0 Å². The number of imidazole rings is 1. The number of benzene rings is 2. The second-order valence-corrected chi connectivity index (χ2v) is 5.70. The molecule has 0 aliphatic rings. The monoisotopic (exact) mass is 313 g/mol. The molecule has 3 rings (SSSR count). The lowest BCUT2D eigenvalue weighted by Crippen LogP contribution is -2.11. The minimum absolute atomic E-state index is 0.382. The molecule has 0 radical (unpaired) electrons. The van der Waals surface area contributed by atoms with Gasteiger partial charge in [-0.05, 0) is 23.8 Å². The number of thioether (sulfide) groups is 1. The van der Waals surface area contributed by atoms with Crippen LogP contribution in [0.3, 0.4) is 0 Å². The largest absolute Gasteiger partial charge is 0.453 e. The van der Waals surface area contributed by atoms with Crippen molar-refractivity contribution in [2.75, 3.05) is 12.4 Å². The first-order chi connectivity index (χ1) is 10.7. The van der Waals surface area contributed by atoms with Gasteiger partial charge in [-0.2, -0.15) is 0 Å². The van der Waals surface area contributed by atoms with E-state index in [-0.39, 0.29) is 0 Å². The van der Waals surface area contributed by atoms with Crippen molar-refractivity contribution in [3.05, 3.63) is 54.1 Å². The van der Waals surface area contributed by atoms with Gasteiger partial charge >= 0.3 is 6.09 Å². The summed E-state index contributed by atoms with van der Waals surface area (Å²) >= 11 is 1.76. The summed E-state index contributed by atoms with van der Waals surface area (Å²) in [6, 6.07) is 16.3. The number of H-pyrrole nitrogens is 1. The Morgan fingerprint density at radius 1 is 1.27 bits per heavy atom. The molecule has 0 bridgehead atoms. The summed E-state index contributed by atoms with van der Waals surface area (Å²) in [4.78, 5) is 19.7. The first-order valence-electron chi connectivity index (χ1n) is 6.76. The van der Waals surface area contributed by atoms with Gasteiger partial charge in [0.2, 0.25) is 5.95 Å². The van der Waals surface area contributed by atoms with E-state index in [2.05, 4.69) is 32.2 Å². The van der Waals surface area contributed by atoms with Crippen LogP contribution in [0.4, 0.5) is 10.7 Å². The number of nitrogens with zero attached hydrogens (tertiary/aromatic N) is 1. The summed E-state index contributed by atoms with van der Waals surface area (Å²) in [7, 11) is 1.32. The fourth-order valence-corrected chi connectivity index (χ4v) is 2.92. The van der Waals surface area contributed by atoms with Gasteiger partial charge in [0.15, 0.2) is 0 Å². The summed E-state index contributed by atoms with van der Waals surface area (Å²) < 4.78 is 4.55. The number of ether oxygens (including phenoxy) is 1. The van der Waals surface area contributed by atoms with Crippen LogP contribution in [-0.2, 0) is 10.5 Å². The number of carbonyl (C=O) groups excluding carboxylic acids is 1. The minimum Gasteiger partial charge on any atom is -0.453 e. The number of aromatic amines is 1. The maximum atomic E-state index is 11.2. The molecule has 22 heavy (non-hydrogen) atoms. The number of anilines is 1. The summed E-state index contributed by atoms with van der Waals surface area (Å²) in [5.74, 6) is 1.29. The van der Waals surface area contributed by atoms with E-state index in [1.54, 1.807) is 11.8 Å². The van der Waals surface area contributed by atoms with Crippen LogP contribution in [0.15, 0.2) is 53.4 Å². The van der Waals surface area contributed by atoms with Crippen LogP contribution in [0.1, 0.15) is 5.56 Å². The SMILES string of the molecule is COC(=O)Nc1nc2ccc(SCc3ccccc3)cc2[nH]1. The molecule has 2 aromatic carbocycles. The second-order valence-electron chi connectivity index (χ2n) is 4.66. The Labute approximate surface area is 132 Å². The number of hydrogen-bond donors (Lipinski definition) is 2. The molecule has 0 saturated carbocycles. The smallest absolute Gasteiger partial charge is 0.413 e. The van der Waals surface area contributed by atoms with Crippen LogP contribution in [0.2, 0.25) is 0 Å². The molecular weight excluding hydrogens is 298 g/mol. The van der Waals surface area contributed by atoms with Crippen LogP contribution in [0, 0.1) is 0 Å². The van der Waals surface area contributed by atoms with Gasteiger partial charge in [-0.1, -0.05) is 30.3 Å². The summed E-state index contributed by atoms with van der Waals surface area (Å²) in [5, 5.41) is 2.52. The number of aromatic nitrogens is 2. The Balaban J connectivity index is 1.73. The number of fused-ring (bicyclic) bond motifs is 1.